The molecule has 0 spiro atoms. The number of benzene rings is 1. The summed E-state index contributed by atoms with van der Waals surface area (Å²) < 4.78 is 5.60. The molecule has 0 unspecified atom stereocenters. The molecule has 72 valence electrons. The summed E-state index contributed by atoms with van der Waals surface area (Å²) in [6.45, 7) is 6.60. The number of para-hydroxylation sites is 1. The summed E-state index contributed by atoms with van der Waals surface area (Å²) in [5.41, 5.74) is 7.95. The van der Waals surface area contributed by atoms with Gasteiger partial charge in [-0.1, -0.05) is 18.2 Å². The van der Waals surface area contributed by atoms with Crippen LogP contribution >= 0.6 is 0 Å². The zero-order chi connectivity index (χ0) is 9.84. The van der Waals surface area contributed by atoms with Gasteiger partial charge in [-0.15, -0.1) is 0 Å². The zero-order valence-electron chi connectivity index (χ0n) is 8.50. The lowest BCUT2D eigenvalue weighted by Gasteiger charge is -2.13. The fraction of sp³-hybridized carbons (Fsp3) is 0.455. The highest BCUT2D eigenvalue weighted by molar-refractivity contribution is 5.39. The van der Waals surface area contributed by atoms with Crippen molar-refractivity contribution in [1.29, 1.82) is 0 Å². The number of rotatable bonds is 3. The Morgan fingerprint density at radius 2 is 1.85 bits per heavy atom. The summed E-state index contributed by atoms with van der Waals surface area (Å²) in [5, 5.41) is 0. The van der Waals surface area contributed by atoms with Crippen molar-refractivity contribution in [2.75, 3.05) is 6.61 Å². The third-order valence-corrected chi connectivity index (χ3v) is 1.90. The molecule has 0 fully saturated rings. The van der Waals surface area contributed by atoms with Gasteiger partial charge in [0.2, 0.25) is 0 Å². The largest absolute Gasteiger partial charge is 0.491 e. The van der Waals surface area contributed by atoms with Crippen LogP contribution in [0.15, 0.2) is 18.2 Å². The van der Waals surface area contributed by atoms with Crippen molar-refractivity contribution >= 4 is 0 Å². The monoisotopic (exact) mass is 179 g/mol. The quantitative estimate of drug-likeness (QED) is 0.770. The van der Waals surface area contributed by atoms with E-state index in [9.17, 15) is 0 Å². The molecular formula is C11H17NO. The van der Waals surface area contributed by atoms with Gasteiger partial charge in [0.05, 0.1) is 0 Å². The molecular weight excluding hydrogens is 162 g/mol. The fourth-order valence-corrected chi connectivity index (χ4v) is 1.24. The molecule has 2 N–H and O–H groups in total. The first-order valence-electron chi connectivity index (χ1n) is 4.56. The highest BCUT2D eigenvalue weighted by Crippen LogP contribution is 2.22. The number of hydrogen-bond acceptors (Lipinski definition) is 2. The predicted molar refractivity (Wildman–Crippen MR) is 55.1 cm³/mol. The summed E-state index contributed by atoms with van der Waals surface area (Å²) >= 11 is 0. The molecule has 0 aromatic heterocycles. The molecule has 0 aliphatic carbocycles. The van der Waals surface area contributed by atoms with Gasteiger partial charge in [0.25, 0.3) is 0 Å². The number of ether oxygens (including phenoxy) is 1. The Bertz CT molecular complexity index is 261. The van der Waals surface area contributed by atoms with E-state index in [2.05, 4.69) is 0 Å². The van der Waals surface area contributed by atoms with E-state index in [1.54, 1.807) is 0 Å². The number of nitrogens with two attached hydrogens (primary N) is 1. The van der Waals surface area contributed by atoms with Crippen molar-refractivity contribution in [1.82, 2.24) is 0 Å². The Labute approximate surface area is 79.7 Å². The van der Waals surface area contributed by atoms with E-state index in [0.29, 0.717) is 6.61 Å². The molecule has 2 nitrogen and oxygen atoms in total. The van der Waals surface area contributed by atoms with Gasteiger partial charge in [-0.05, 0) is 31.9 Å². The van der Waals surface area contributed by atoms with Crippen molar-refractivity contribution in [2.45, 2.75) is 26.8 Å². The second-order valence-electron chi connectivity index (χ2n) is 3.51. The topological polar surface area (TPSA) is 35.2 Å². The van der Waals surface area contributed by atoms with Crippen molar-refractivity contribution in [2.24, 2.45) is 5.73 Å². The minimum atomic E-state index is 0.0824. The Balaban J connectivity index is 2.75. The van der Waals surface area contributed by atoms with E-state index >= 15 is 0 Å². The summed E-state index contributed by atoms with van der Waals surface area (Å²) in [6, 6.07) is 6.20. The maximum absolute atomic E-state index is 5.62. The second-order valence-corrected chi connectivity index (χ2v) is 3.51. The smallest absolute Gasteiger partial charge is 0.125 e. The molecule has 0 aliphatic heterocycles. The highest BCUT2D eigenvalue weighted by atomic mass is 16.5. The van der Waals surface area contributed by atoms with E-state index in [4.69, 9.17) is 10.5 Å². The van der Waals surface area contributed by atoms with Crippen LogP contribution in [0.1, 0.15) is 18.1 Å². The van der Waals surface area contributed by atoms with E-state index < -0.39 is 0 Å². The lowest BCUT2D eigenvalue weighted by atomic mass is 10.1. The van der Waals surface area contributed by atoms with Gasteiger partial charge in [-0.3, -0.25) is 0 Å². The Kier molecular flexibility index (Phi) is 3.32. The van der Waals surface area contributed by atoms with Crippen LogP contribution < -0.4 is 10.5 Å². The molecule has 1 atom stereocenters. The molecule has 1 aromatic carbocycles. The van der Waals surface area contributed by atoms with Gasteiger partial charge in [0.1, 0.15) is 12.4 Å². The lowest BCUT2D eigenvalue weighted by molar-refractivity contribution is 0.292. The van der Waals surface area contributed by atoms with Crippen LogP contribution in [0, 0.1) is 13.8 Å². The van der Waals surface area contributed by atoms with Gasteiger partial charge < -0.3 is 10.5 Å². The average Bonchev–Trinajstić information content (AvgIpc) is 2.03. The van der Waals surface area contributed by atoms with Crippen LogP contribution in [0.4, 0.5) is 0 Å². The number of hydrogen-bond donors (Lipinski definition) is 1. The lowest BCUT2D eigenvalue weighted by Crippen LogP contribution is -2.24. The standard InChI is InChI=1S/C11H17NO/c1-8-5-4-6-9(2)11(8)13-7-10(3)12/h4-6,10H,7,12H2,1-3H3/t10-/m0/s1. The Morgan fingerprint density at radius 3 is 2.31 bits per heavy atom. The van der Waals surface area contributed by atoms with Gasteiger partial charge in [-0.25, -0.2) is 0 Å². The number of aryl methyl sites for hydroxylation is 2. The first kappa shape index (κ1) is 10.1. The summed E-state index contributed by atoms with van der Waals surface area (Å²) in [6.07, 6.45) is 0. The van der Waals surface area contributed by atoms with E-state index in [0.717, 1.165) is 5.75 Å². The van der Waals surface area contributed by atoms with Gasteiger partial charge >= 0.3 is 0 Å². The second kappa shape index (κ2) is 4.28. The van der Waals surface area contributed by atoms with Gasteiger partial charge in [0, 0.05) is 6.04 Å². The molecule has 0 bridgehead atoms. The van der Waals surface area contributed by atoms with Crippen LogP contribution in [0.2, 0.25) is 0 Å². The third kappa shape index (κ3) is 2.74. The third-order valence-electron chi connectivity index (χ3n) is 1.90. The Morgan fingerprint density at radius 1 is 1.31 bits per heavy atom. The van der Waals surface area contributed by atoms with Crippen LogP contribution in [-0.4, -0.2) is 12.6 Å². The van der Waals surface area contributed by atoms with Crippen LogP contribution in [-0.2, 0) is 0 Å². The predicted octanol–water partition coefficient (Wildman–Crippen LogP) is 2.03. The van der Waals surface area contributed by atoms with E-state index in [1.807, 2.05) is 39.0 Å². The molecule has 1 aromatic rings. The van der Waals surface area contributed by atoms with E-state index in [1.165, 1.54) is 11.1 Å². The summed E-state index contributed by atoms with van der Waals surface area (Å²) in [5.74, 6) is 0.972. The molecule has 13 heavy (non-hydrogen) atoms. The SMILES string of the molecule is Cc1cccc(C)c1OC[C@H](C)N. The van der Waals surface area contributed by atoms with Crippen molar-refractivity contribution in [3.05, 3.63) is 29.3 Å². The fourth-order valence-electron chi connectivity index (χ4n) is 1.24. The summed E-state index contributed by atoms with van der Waals surface area (Å²) in [7, 11) is 0. The maximum Gasteiger partial charge on any atom is 0.125 e. The normalized spacial score (nSPS) is 12.6. The zero-order valence-corrected chi connectivity index (χ0v) is 8.50. The molecule has 0 radical (unpaired) electrons. The first-order chi connectivity index (χ1) is 6.11. The molecule has 1 rings (SSSR count). The van der Waals surface area contributed by atoms with Gasteiger partial charge in [-0.2, -0.15) is 0 Å². The van der Waals surface area contributed by atoms with Crippen LogP contribution in [0.3, 0.4) is 0 Å². The molecule has 0 heterocycles. The molecule has 0 saturated heterocycles. The van der Waals surface area contributed by atoms with Gasteiger partial charge in [0.15, 0.2) is 0 Å². The van der Waals surface area contributed by atoms with Crippen molar-refractivity contribution in [3.8, 4) is 5.75 Å². The van der Waals surface area contributed by atoms with Crippen LogP contribution in [0.5, 0.6) is 5.75 Å². The minimum Gasteiger partial charge on any atom is -0.491 e. The Hall–Kier alpha value is -1.02. The first-order valence-corrected chi connectivity index (χ1v) is 4.56. The van der Waals surface area contributed by atoms with Crippen LogP contribution in [0.25, 0.3) is 0 Å². The van der Waals surface area contributed by atoms with Crippen molar-refractivity contribution in [3.63, 3.8) is 0 Å². The molecule has 2 heteroatoms. The van der Waals surface area contributed by atoms with E-state index in [-0.39, 0.29) is 6.04 Å². The molecule has 0 saturated carbocycles. The maximum atomic E-state index is 5.62. The molecule has 0 amide bonds. The average molecular weight is 179 g/mol. The highest BCUT2D eigenvalue weighted by Gasteiger charge is 2.03. The molecule has 0 aliphatic rings. The minimum absolute atomic E-state index is 0.0824. The van der Waals surface area contributed by atoms with Crippen molar-refractivity contribution < 1.29 is 4.74 Å². The summed E-state index contributed by atoms with van der Waals surface area (Å²) in [4.78, 5) is 0.